The van der Waals surface area contributed by atoms with Crippen molar-refractivity contribution in [1.82, 2.24) is 9.80 Å². The summed E-state index contributed by atoms with van der Waals surface area (Å²) in [5.74, 6) is -2.26. The summed E-state index contributed by atoms with van der Waals surface area (Å²) in [5, 5.41) is 9.16. The van der Waals surface area contributed by atoms with Crippen molar-refractivity contribution in [2.75, 3.05) is 26.3 Å². The van der Waals surface area contributed by atoms with Crippen LogP contribution < -0.4 is 0 Å². The van der Waals surface area contributed by atoms with Crippen LogP contribution in [-0.4, -0.2) is 87.6 Å². The third-order valence-corrected chi connectivity index (χ3v) is 8.33. The van der Waals surface area contributed by atoms with E-state index in [1.54, 1.807) is 22.8 Å². The Balaban J connectivity index is 2.01. The number of ether oxygens (including phenoxy) is 2. The second-order valence-electron chi connectivity index (χ2n) is 9.65. The van der Waals surface area contributed by atoms with E-state index in [0.717, 1.165) is 19.3 Å². The molecule has 3 fully saturated rings. The Labute approximate surface area is 211 Å². The van der Waals surface area contributed by atoms with E-state index in [-0.39, 0.29) is 35.9 Å². The van der Waals surface area contributed by atoms with E-state index < -0.39 is 35.6 Å². The quantitative estimate of drug-likeness (QED) is 0.166. The van der Waals surface area contributed by atoms with Crippen LogP contribution in [0.2, 0.25) is 0 Å². The van der Waals surface area contributed by atoms with Gasteiger partial charge < -0.3 is 24.4 Å². The molecule has 4 unspecified atom stereocenters. The van der Waals surface area contributed by atoms with Crippen molar-refractivity contribution in [3.63, 3.8) is 0 Å². The Bertz CT molecular complexity index is 779. The molecule has 0 aromatic rings. The number of hydrogen-bond acceptors (Lipinski definition) is 6. The number of aliphatic hydroxyl groups excluding tert-OH is 1. The number of carbonyl (C=O) groups excluding carboxylic acids is 3. The van der Waals surface area contributed by atoms with Gasteiger partial charge in [0.15, 0.2) is 0 Å². The second kappa shape index (κ2) is 11.5. The molecule has 0 saturated carbocycles. The first-order valence-corrected chi connectivity index (χ1v) is 13.5. The predicted molar refractivity (Wildman–Crippen MR) is 131 cm³/mol. The van der Waals surface area contributed by atoms with Crippen molar-refractivity contribution < 1.29 is 29.0 Å². The lowest BCUT2D eigenvalue weighted by molar-refractivity contribution is -0.155. The number of amides is 2. The van der Waals surface area contributed by atoms with Crippen LogP contribution in [0.15, 0.2) is 12.7 Å². The summed E-state index contributed by atoms with van der Waals surface area (Å²) >= 11 is 3.67. The maximum atomic E-state index is 14.2. The van der Waals surface area contributed by atoms with Gasteiger partial charge in [-0.1, -0.05) is 35.4 Å². The highest BCUT2D eigenvalue weighted by Gasteiger charge is 2.77. The van der Waals surface area contributed by atoms with Gasteiger partial charge in [-0.15, -0.1) is 6.58 Å². The van der Waals surface area contributed by atoms with Gasteiger partial charge in [-0.3, -0.25) is 14.4 Å². The average molecular weight is 543 g/mol. The van der Waals surface area contributed by atoms with Gasteiger partial charge in [-0.25, -0.2) is 0 Å². The number of hydrogen-bond donors (Lipinski definition) is 1. The van der Waals surface area contributed by atoms with Crippen LogP contribution >= 0.6 is 15.9 Å². The third kappa shape index (κ3) is 4.67. The summed E-state index contributed by atoms with van der Waals surface area (Å²) in [6.07, 6.45) is 5.50. The smallest absolute Gasteiger partial charge is 0.312 e. The number of fused-ring (bicyclic) bond motifs is 1. The van der Waals surface area contributed by atoms with E-state index in [1.165, 1.54) is 0 Å². The average Bonchev–Trinajstić information content (AvgIpc) is 3.38. The zero-order chi connectivity index (χ0) is 25.0. The lowest BCUT2D eigenvalue weighted by Crippen LogP contribution is -2.58. The van der Waals surface area contributed by atoms with Crippen molar-refractivity contribution in [2.24, 2.45) is 11.8 Å². The molecule has 1 N–H and O–H groups in total. The molecule has 3 rings (SSSR count). The standard InChI is InChI=1S/C25H39BrN2O6/c1-5-11-16(4)27(12-6-2)23(31)21-25-15-17(26)20(34-25)18(24(32)33-7-3)19(25)22(30)28(21)13-9-8-10-14-29/h6,16-21,29H,2,5,7-15H2,1,3-4H3/t16?,17?,18-,19-,20-,21?,25?/m0/s1. The molecule has 2 bridgehead atoms. The number of unbranched alkanes of at least 4 members (excludes halogenated alkanes) is 2. The van der Waals surface area contributed by atoms with E-state index in [1.807, 2.05) is 6.92 Å². The number of halogens is 1. The summed E-state index contributed by atoms with van der Waals surface area (Å²) < 4.78 is 11.8. The highest BCUT2D eigenvalue weighted by molar-refractivity contribution is 9.09. The largest absolute Gasteiger partial charge is 0.466 e. The molecular weight excluding hydrogens is 504 g/mol. The fourth-order valence-corrected chi connectivity index (χ4v) is 7.03. The Kier molecular flexibility index (Phi) is 9.20. The minimum atomic E-state index is -1.06. The van der Waals surface area contributed by atoms with Gasteiger partial charge in [0.25, 0.3) is 0 Å². The van der Waals surface area contributed by atoms with E-state index in [0.29, 0.717) is 32.4 Å². The Hall–Kier alpha value is -1.45. The van der Waals surface area contributed by atoms with Crippen LogP contribution in [-0.2, 0) is 23.9 Å². The van der Waals surface area contributed by atoms with Crippen molar-refractivity contribution >= 4 is 33.7 Å². The molecule has 192 valence electrons. The van der Waals surface area contributed by atoms with Crippen LogP contribution in [0.25, 0.3) is 0 Å². The van der Waals surface area contributed by atoms with Gasteiger partial charge in [0.2, 0.25) is 11.8 Å². The zero-order valence-corrected chi connectivity index (χ0v) is 22.2. The van der Waals surface area contributed by atoms with Crippen LogP contribution in [0.5, 0.6) is 0 Å². The fraction of sp³-hybridized carbons (Fsp3) is 0.800. The second-order valence-corrected chi connectivity index (χ2v) is 10.8. The van der Waals surface area contributed by atoms with Gasteiger partial charge in [0.05, 0.1) is 24.5 Å². The topological polar surface area (TPSA) is 96.4 Å². The maximum absolute atomic E-state index is 14.2. The van der Waals surface area contributed by atoms with Crippen LogP contribution in [0, 0.1) is 11.8 Å². The van der Waals surface area contributed by atoms with Gasteiger partial charge in [-0.2, -0.15) is 0 Å². The van der Waals surface area contributed by atoms with Crippen LogP contribution in [0.4, 0.5) is 0 Å². The molecule has 7 atom stereocenters. The van der Waals surface area contributed by atoms with Gasteiger partial charge in [0.1, 0.15) is 11.6 Å². The minimum absolute atomic E-state index is 0.0171. The molecule has 2 amide bonds. The first kappa shape index (κ1) is 27.1. The predicted octanol–water partition coefficient (Wildman–Crippen LogP) is 2.66. The summed E-state index contributed by atoms with van der Waals surface area (Å²) in [4.78, 5) is 44.2. The SMILES string of the molecule is C=CCN(C(=O)C1N(CCCCCO)C(=O)[C@@H]2[C@H](C(=O)OCC)[C@H]3OC12CC3Br)C(C)CCC. The first-order chi connectivity index (χ1) is 16.3. The first-order valence-electron chi connectivity index (χ1n) is 12.6. The van der Waals surface area contributed by atoms with Gasteiger partial charge in [0, 0.05) is 30.6 Å². The van der Waals surface area contributed by atoms with E-state index in [9.17, 15) is 14.4 Å². The molecule has 0 aliphatic carbocycles. The molecule has 3 saturated heterocycles. The summed E-state index contributed by atoms with van der Waals surface area (Å²) in [6, 6.07) is -0.820. The molecule has 3 aliphatic rings. The van der Waals surface area contributed by atoms with Crippen LogP contribution in [0.3, 0.4) is 0 Å². The molecule has 34 heavy (non-hydrogen) atoms. The van der Waals surface area contributed by atoms with E-state index in [2.05, 4.69) is 29.4 Å². The van der Waals surface area contributed by atoms with Gasteiger partial charge >= 0.3 is 5.97 Å². The van der Waals surface area contributed by atoms with E-state index in [4.69, 9.17) is 14.6 Å². The van der Waals surface area contributed by atoms with Crippen LogP contribution in [0.1, 0.15) is 59.3 Å². The molecule has 0 aromatic heterocycles. The number of likely N-dealkylation sites (tertiary alicyclic amines) is 1. The summed E-state index contributed by atoms with van der Waals surface area (Å²) in [7, 11) is 0. The third-order valence-electron chi connectivity index (χ3n) is 7.49. The number of nitrogens with zero attached hydrogens (tertiary/aromatic N) is 2. The Morgan fingerprint density at radius 3 is 2.74 bits per heavy atom. The van der Waals surface area contributed by atoms with Crippen molar-refractivity contribution in [1.29, 1.82) is 0 Å². The number of carbonyl (C=O) groups is 3. The summed E-state index contributed by atoms with van der Waals surface area (Å²) in [5.41, 5.74) is -1.06. The molecule has 0 radical (unpaired) electrons. The fourth-order valence-electron chi connectivity index (χ4n) is 6.08. The Morgan fingerprint density at radius 2 is 2.12 bits per heavy atom. The highest BCUT2D eigenvalue weighted by atomic mass is 79.9. The highest BCUT2D eigenvalue weighted by Crippen LogP contribution is 2.60. The lowest BCUT2D eigenvalue weighted by atomic mass is 9.70. The maximum Gasteiger partial charge on any atom is 0.312 e. The number of rotatable bonds is 13. The van der Waals surface area contributed by atoms with Crippen molar-refractivity contribution in [3.8, 4) is 0 Å². The van der Waals surface area contributed by atoms with Crippen molar-refractivity contribution in [3.05, 3.63) is 12.7 Å². The monoisotopic (exact) mass is 542 g/mol. The molecule has 3 heterocycles. The van der Waals surface area contributed by atoms with Crippen molar-refractivity contribution in [2.45, 2.75) is 87.9 Å². The molecule has 1 spiro atoms. The molecule has 8 nitrogen and oxygen atoms in total. The molecule has 0 aromatic carbocycles. The van der Waals surface area contributed by atoms with E-state index >= 15 is 0 Å². The minimum Gasteiger partial charge on any atom is -0.466 e. The zero-order valence-electron chi connectivity index (χ0n) is 20.6. The number of alkyl halides is 1. The number of aliphatic hydroxyl groups is 1. The summed E-state index contributed by atoms with van der Waals surface area (Å²) in [6.45, 7) is 10.7. The molecular formula is C25H39BrN2O6. The molecule has 3 aliphatic heterocycles. The molecule has 9 heteroatoms. The normalized spacial score (nSPS) is 32.6. The lowest BCUT2D eigenvalue weighted by Gasteiger charge is -2.39. The van der Waals surface area contributed by atoms with Gasteiger partial charge in [-0.05, 0) is 46.0 Å². The number of esters is 1. The Morgan fingerprint density at radius 1 is 1.38 bits per heavy atom.